The fraction of sp³-hybridized carbons (Fsp3) is 0.533. The van der Waals surface area contributed by atoms with Crippen LogP contribution in [-0.2, 0) is 4.79 Å². The highest BCUT2D eigenvalue weighted by Gasteiger charge is 2.14. The summed E-state index contributed by atoms with van der Waals surface area (Å²) in [6.07, 6.45) is 2.10. The van der Waals surface area contributed by atoms with E-state index in [0.717, 1.165) is 18.5 Å². The molecule has 2 atom stereocenters. The van der Waals surface area contributed by atoms with Crippen molar-refractivity contribution in [2.75, 3.05) is 5.32 Å². The predicted molar refractivity (Wildman–Crippen MR) is 76.8 cm³/mol. The molecule has 0 radical (unpaired) electrons. The molecule has 1 rings (SSSR count). The third-order valence-corrected chi connectivity index (χ3v) is 2.90. The quantitative estimate of drug-likeness (QED) is 0.812. The first kappa shape index (κ1) is 14.6. The van der Waals surface area contributed by atoms with Crippen molar-refractivity contribution in [1.29, 1.82) is 0 Å². The SMILES string of the molecule is CCCC(C)NC(=O)C(C)Nc1cccc(C)c1. The second kappa shape index (κ2) is 7.04. The van der Waals surface area contributed by atoms with Crippen LogP contribution in [0.3, 0.4) is 0 Å². The van der Waals surface area contributed by atoms with Crippen molar-refractivity contribution in [3.63, 3.8) is 0 Å². The average Bonchev–Trinajstić information content (AvgIpc) is 2.29. The maximum absolute atomic E-state index is 11.9. The lowest BCUT2D eigenvalue weighted by atomic mass is 10.1. The molecule has 1 aromatic rings. The van der Waals surface area contributed by atoms with Crippen LogP contribution < -0.4 is 10.6 Å². The van der Waals surface area contributed by atoms with E-state index in [1.165, 1.54) is 5.56 Å². The van der Waals surface area contributed by atoms with Gasteiger partial charge in [-0.1, -0.05) is 25.5 Å². The van der Waals surface area contributed by atoms with Crippen LogP contribution in [0.15, 0.2) is 24.3 Å². The largest absolute Gasteiger partial charge is 0.374 e. The Hall–Kier alpha value is -1.51. The van der Waals surface area contributed by atoms with Crippen LogP contribution in [0.1, 0.15) is 39.2 Å². The van der Waals surface area contributed by atoms with Gasteiger partial charge in [0.25, 0.3) is 0 Å². The molecule has 0 aromatic heterocycles. The van der Waals surface area contributed by atoms with Gasteiger partial charge in [-0.3, -0.25) is 4.79 Å². The minimum atomic E-state index is -0.217. The van der Waals surface area contributed by atoms with Gasteiger partial charge in [0, 0.05) is 11.7 Å². The Morgan fingerprint density at radius 2 is 2.06 bits per heavy atom. The normalized spacial score (nSPS) is 13.8. The Morgan fingerprint density at radius 3 is 2.67 bits per heavy atom. The smallest absolute Gasteiger partial charge is 0.242 e. The second-order valence-corrected chi connectivity index (χ2v) is 4.93. The number of nitrogens with one attached hydrogen (secondary N) is 2. The molecule has 0 saturated heterocycles. The third-order valence-electron chi connectivity index (χ3n) is 2.90. The van der Waals surface area contributed by atoms with E-state index >= 15 is 0 Å². The molecule has 100 valence electrons. The van der Waals surface area contributed by atoms with Gasteiger partial charge in [-0.05, 0) is 44.9 Å². The van der Waals surface area contributed by atoms with E-state index in [2.05, 4.69) is 17.6 Å². The highest BCUT2D eigenvalue weighted by Crippen LogP contribution is 2.11. The molecular weight excluding hydrogens is 224 g/mol. The Bertz CT molecular complexity index is 390. The van der Waals surface area contributed by atoms with E-state index in [1.54, 1.807) is 0 Å². The standard InChI is InChI=1S/C15H24N2O/c1-5-7-12(3)16-15(18)13(4)17-14-9-6-8-11(2)10-14/h6,8-10,12-13,17H,5,7H2,1-4H3,(H,16,18). The first-order chi connectivity index (χ1) is 8.52. The number of anilines is 1. The molecule has 3 nitrogen and oxygen atoms in total. The summed E-state index contributed by atoms with van der Waals surface area (Å²) in [5, 5.41) is 6.23. The van der Waals surface area contributed by atoms with Crippen molar-refractivity contribution in [3.05, 3.63) is 29.8 Å². The third kappa shape index (κ3) is 4.78. The van der Waals surface area contributed by atoms with Crippen LogP contribution in [0.25, 0.3) is 0 Å². The van der Waals surface area contributed by atoms with E-state index in [-0.39, 0.29) is 18.0 Å². The Balaban J connectivity index is 2.49. The van der Waals surface area contributed by atoms with E-state index in [4.69, 9.17) is 0 Å². The topological polar surface area (TPSA) is 41.1 Å². The summed E-state index contributed by atoms with van der Waals surface area (Å²) in [6, 6.07) is 8.07. The maximum Gasteiger partial charge on any atom is 0.242 e. The molecule has 0 aliphatic rings. The van der Waals surface area contributed by atoms with Gasteiger partial charge in [0.1, 0.15) is 6.04 Å². The van der Waals surface area contributed by atoms with Crippen LogP contribution >= 0.6 is 0 Å². The summed E-state index contributed by atoms with van der Waals surface area (Å²) in [5.41, 5.74) is 2.17. The predicted octanol–water partition coefficient (Wildman–Crippen LogP) is 3.10. The zero-order valence-electron chi connectivity index (χ0n) is 11.8. The molecule has 0 bridgehead atoms. The van der Waals surface area contributed by atoms with Crippen molar-refractivity contribution in [2.24, 2.45) is 0 Å². The molecule has 0 heterocycles. The Morgan fingerprint density at radius 1 is 1.33 bits per heavy atom. The number of aryl methyl sites for hydroxylation is 1. The average molecular weight is 248 g/mol. The van der Waals surface area contributed by atoms with Gasteiger partial charge in [-0.2, -0.15) is 0 Å². The number of rotatable bonds is 6. The van der Waals surface area contributed by atoms with E-state index in [0.29, 0.717) is 0 Å². The fourth-order valence-electron chi connectivity index (χ4n) is 1.92. The minimum absolute atomic E-state index is 0.0532. The monoisotopic (exact) mass is 248 g/mol. The molecule has 0 spiro atoms. The first-order valence-electron chi connectivity index (χ1n) is 6.66. The molecule has 1 amide bonds. The zero-order chi connectivity index (χ0) is 13.5. The van der Waals surface area contributed by atoms with Gasteiger partial charge in [0.05, 0.1) is 0 Å². The summed E-state index contributed by atoms with van der Waals surface area (Å²) in [4.78, 5) is 11.9. The van der Waals surface area contributed by atoms with Gasteiger partial charge in [-0.25, -0.2) is 0 Å². The van der Waals surface area contributed by atoms with Gasteiger partial charge < -0.3 is 10.6 Å². The summed E-state index contributed by atoms with van der Waals surface area (Å²) >= 11 is 0. The number of carbonyl (C=O) groups is 1. The molecule has 1 aromatic carbocycles. The van der Waals surface area contributed by atoms with E-state index in [9.17, 15) is 4.79 Å². The molecule has 0 fully saturated rings. The van der Waals surface area contributed by atoms with E-state index < -0.39 is 0 Å². The fourth-order valence-corrected chi connectivity index (χ4v) is 1.92. The lowest BCUT2D eigenvalue weighted by Gasteiger charge is -2.19. The summed E-state index contributed by atoms with van der Waals surface area (Å²) < 4.78 is 0. The van der Waals surface area contributed by atoms with Crippen molar-refractivity contribution in [2.45, 2.75) is 52.6 Å². The summed E-state index contributed by atoms with van der Waals surface area (Å²) in [7, 11) is 0. The molecular formula is C15H24N2O. The molecule has 0 aliphatic heterocycles. The van der Waals surface area contributed by atoms with Gasteiger partial charge in [0.2, 0.25) is 5.91 Å². The maximum atomic E-state index is 11.9. The number of benzene rings is 1. The molecule has 3 heteroatoms. The van der Waals surface area contributed by atoms with Crippen molar-refractivity contribution >= 4 is 11.6 Å². The Labute approximate surface area is 110 Å². The molecule has 2 unspecified atom stereocenters. The second-order valence-electron chi connectivity index (χ2n) is 4.93. The Kier molecular flexibility index (Phi) is 5.69. The van der Waals surface area contributed by atoms with Crippen LogP contribution in [0.4, 0.5) is 5.69 Å². The van der Waals surface area contributed by atoms with Crippen LogP contribution in [0, 0.1) is 6.92 Å². The minimum Gasteiger partial charge on any atom is -0.374 e. The number of hydrogen-bond donors (Lipinski definition) is 2. The summed E-state index contributed by atoms with van der Waals surface area (Å²) in [5.74, 6) is 0.0532. The molecule has 2 N–H and O–H groups in total. The van der Waals surface area contributed by atoms with Crippen molar-refractivity contribution in [3.8, 4) is 0 Å². The molecule has 0 saturated carbocycles. The first-order valence-corrected chi connectivity index (χ1v) is 6.66. The highest BCUT2D eigenvalue weighted by atomic mass is 16.2. The summed E-state index contributed by atoms with van der Waals surface area (Å²) in [6.45, 7) is 8.09. The van der Waals surface area contributed by atoms with Gasteiger partial charge in [0.15, 0.2) is 0 Å². The van der Waals surface area contributed by atoms with Gasteiger partial charge >= 0.3 is 0 Å². The van der Waals surface area contributed by atoms with Gasteiger partial charge in [-0.15, -0.1) is 0 Å². The zero-order valence-corrected chi connectivity index (χ0v) is 11.8. The van der Waals surface area contributed by atoms with Crippen molar-refractivity contribution < 1.29 is 4.79 Å². The van der Waals surface area contributed by atoms with Crippen LogP contribution in [-0.4, -0.2) is 18.0 Å². The lowest BCUT2D eigenvalue weighted by molar-refractivity contribution is -0.122. The number of carbonyl (C=O) groups excluding carboxylic acids is 1. The molecule has 0 aliphatic carbocycles. The molecule has 18 heavy (non-hydrogen) atoms. The lowest BCUT2D eigenvalue weighted by Crippen LogP contribution is -2.42. The van der Waals surface area contributed by atoms with Crippen LogP contribution in [0.5, 0.6) is 0 Å². The number of hydrogen-bond acceptors (Lipinski definition) is 2. The number of amides is 1. The van der Waals surface area contributed by atoms with Crippen LogP contribution in [0.2, 0.25) is 0 Å². The van der Waals surface area contributed by atoms with Crippen molar-refractivity contribution in [1.82, 2.24) is 5.32 Å². The van der Waals surface area contributed by atoms with E-state index in [1.807, 2.05) is 45.0 Å². The highest BCUT2D eigenvalue weighted by molar-refractivity contribution is 5.84.